The molecular weight excluding hydrogens is 285 g/mol. The molecule has 1 fully saturated rings. The van der Waals surface area contributed by atoms with E-state index in [0.717, 1.165) is 11.2 Å². The van der Waals surface area contributed by atoms with Crippen LogP contribution in [0.4, 0.5) is 5.82 Å². The van der Waals surface area contributed by atoms with Crippen molar-refractivity contribution in [1.82, 2.24) is 4.98 Å². The lowest BCUT2D eigenvalue weighted by Crippen LogP contribution is -2.41. The van der Waals surface area contributed by atoms with Crippen LogP contribution in [-0.2, 0) is 9.31 Å². The maximum atomic E-state index is 6.04. The molecule has 0 radical (unpaired) electrons. The van der Waals surface area contributed by atoms with Crippen LogP contribution in [0.1, 0.15) is 33.4 Å². The number of aromatic nitrogens is 1. The molecule has 21 heavy (non-hydrogen) atoms. The van der Waals surface area contributed by atoms with Crippen molar-refractivity contribution in [2.75, 3.05) is 11.2 Å². The van der Waals surface area contributed by atoms with E-state index in [4.69, 9.17) is 15.2 Å². The zero-order valence-electron chi connectivity index (χ0n) is 12.9. The number of hydrogen-bond donors (Lipinski definition) is 3. The monoisotopic (exact) mass is 307 g/mol. The molecule has 0 aliphatic carbocycles. The molecular formula is C14H22BN3O2S. The Hall–Kier alpha value is -1.02. The van der Waals surface area contributed by atoms with E-state index in [1.165, 1.54) is 0 Å². The highest BCUT2D eigenvalue weighted by Crippen LogP contribution is 2.38. The Morgan fingerprint density at radius 3 is 2.48 bits per heavy atom. The largest absolute Gasteiger partial charge is 0.491 e. The number of pyridine rings is 1. The predicted octanol–water partition coefficient (Wildman–Crippen LogP) is 2.31. The highest BCUT2D eigenvalue weighted by Gasteiger charge is 2.52. The molecule has 1 saturated heterocycles. The second-order valence-electron chi connectivity index (χ2n) is 6.06. The summed E-state index contributed by atoms with van der Waals surface area (Å²) in [7, 11) is -0.413. The van der Waals surface area contributed by atoms with Crippen LogP contribution in [0, 0.1) is 0 Å². The third-order valence-electron chi connectivity index (χ3n) is 3.99. The molecule has 1 aliphatic rings. The van der Waals surface area contributed by atoms with Crippen LogP contribution < -0.4 is 11.3 Å². The van der Waals surface area contributed by atoms with Gasteiger partial charge in [-0.2, -0.15) is 12.6 Å². The molecule has 0 saturated carbocycles. The number of hydrogen-bond acceptors (Lipinski definition) is 6. The highest BCUT2D eigenvalue weighted by molar-refractivity contribution is 7.80. The Kier molecular flexibility index (Phi) is 4.68. The Morgan fingerprint density at radius 2 is 1.95 bits per heavy atom. The van der Waals surface area contributed by atoms with Gasteiger partial charge in [-0.3, -0.25) is 0 Å². The molecule has 0 amide bonds. The molecule has 1 aromatic rings. The normalized spacial score (nSPS) is 20.7. The van der Waals surface area contributed by atoms with Gasteiger partial charge in [-0.05, 0) is 51.4 Å². The van der Waals surface area contributed by atoms with Gasteiger partial charge >= 0.3 is 7.12 Å². The highest BCUT2D eigenvalue weighted by atomic mass is 32.1. The van der Waals surface area contributed by atoms with Gasteiger partial charge in [0.1, 0.15) is 5.82 Å². The second-order valence-corrected chi connectivity index (χ2v) is 6.37. The van der Waals surface area contributed by atoms with Gasteiger partial charge < -0.3 is 14.7 Å². The summed E-state index contributed by atoms with van der Waals surface area (Å²) in [5.41, 5.74) is 3.51. The Bertz CT molecular complexity index is 533. The third-order valence-corrected chi connectivity index (χ3v) is 4.36. The first-order valence-corrected chi connectivity index (χ1v) is 7.53. The van der Waals surface area contributed by atoms with Crippen LogP contribution in [-0.4, -0.2) is 29.1 Å². The van der Waals surface area contributed by atoms with E-state index < -0.39 is 7.12 Å². The number of rotatable bonds is 4. The van der Waals surface area contributed by atoms with Gasteiger partial charge in [-0.15, -0.1) is 0 Å². The van der Waals surface area contributed by atoms with Crippen molar-refractivity contribution in [3.05, 3.63) is 29.4 Å². The minimum absolute atomic E-state index is 0.367. The summed E-state index contributed by atoms with van der Waals surface area (Å²) in [4.78, 5) is 4.37. The summed E-state index contributed by atoms with van der Waals surface area (Å²) in [6.07, 6.45) is 1.93. The van der Waals surface area contributed by atoms with E-state index in [1.807, 2.05) is 45.9 Å². The van der Waals surface area contributed by atoms with Gasteiger partial charge in [-0.25, -0.2) is 10.8 Å². The predicted molar refractivity (Wildman–Crippen MR) is 90.0 cm³/mol. The van der Waals surface area contributed by atoms with Gasteiger partial charge in [0.05, 0.1) is 16.9 Å². The molecule has 0 atom stereocenters. The topological polar surface area (TPSA) is 69.4 Å². The summed E-state index contributed by atoms with van der Waals surface area (Å²) in [5, 5.41) is 0. The van der Waals surface area contributed by atoms with E-state index in [9.17, 15) is 0 Å². The number of thiol groups is 1. The van der Waals surface area contributed by atoms with Crippen molar-refractivity contribution >= 4 is 31.6 Å². The molecule has 0 unspecified atom stereocenters. The maximum absolute atomic E-state index is 6.04. The maximum Gasteiger partial charge on any atom is 0.491 e. The number of nitrogens with one attached hydrogen (secondary N) is 1. The van der Waals surface area contributed by atoms with Crippen LogP contribution >= 0.6 is 12.6 Å². The quantitative estimate of drug-likeness (QED) is 0.345. The van der Waals surface area contributed by atoms with Crippen molar-refractivity contribution in [2.24, 2.45) is 5.84 Å². The Morgan fingerprint density at radius 1 is 1.33 bits per heavy atom. The molecule has 2 rings (SSSR count). The molecule has 2 heterocycles. The number of nitrogen functional groups attached to an aromatic ring is 1. The number of anilines is 1. The molecule has 7 heteroatoms. The number of nitrogens with two attached hydrogens (primary N) is 1. The van der Waals surface area contributed by atoms with Crippen molar-refractivity contribution < 1.29 is 9.31 Å². The Labute approximate surface area is 131 Å². The van der Waals surface area contributed by atoms with Crippen LogP contribution in [0.5, 0.6) is 0 Å². The molecule has 1 aromatic heterocycles. The number of nitrogens with zero attached hydrogens (tertiary/aromatic N) is 1. The average Bonchev–Trinajstić information content (AvgIpc) is 2.65. The summed E-state index contributed by atoms with van der Waals surface area (Å²) >= 11 is 4.39. The minimum atomic E-state index is -0.413. The van der Waals surface area contributed by atoms with Crippen LogP contribution in [0.2, 0.25) is 0 Å². The first-order chi connectivity index (χ1) is 9.79. The van der Waals surface area contributed by atoms with E-state index >= 15 is 0 Å². The SMILES string of the molecule is CC1(C)OB(C(=Cc2cccc(NN)n2)CS)OC1(C)C. The standard InChI is InChI=1S/C14H22BN3O2S/c1-13(2)14(3,4)20-15(19-13)10(9-21)8-11-6-5-7-12(17-11)18-16/h5-8,21H,9,16H2,1-4H3,(H,17,18). The fraction of sp³-hybridized carbons (Fsp3) is 0.500. The van der Waals surface area contributed by atoms with E-state index in [0.29, 0.717) is 11.6 Å². The average molecular weight is 307 g/mol. The summed E-state index contributed by atoms with van der Waals surface area (Å²) in [6.45, 7) is 8.11. The Balaban J connectivity index is 2.26. The molecule has 1 aliphatic heterocycles. The summed E-state index contributed by atoms with van der Waals surface area (Å²) in [5.74, 6) is 6.51. The van der Waals surface area contributed by atoms with Gasteiger partial charge in [-0.1, -0.05) is 6.07 Å². The smallest absolute Gasteiger partial charge is 0.400 e. The molecule has 114 valence electrons. The summed E-state index contributed by atoms with van der Waals surface area (Å²) < 4.78 is 12.1. The van der Waals surface area contributed by atoms with Gasteiger partial charge in [0.25, 0.3) is 0 Å². The fourth-order valence-electron chi connectivity index (χ4n) is 1.98. The van der Waals surface area contributed by atoms with E-state index in [2.05, 4.69) is 23.0 Å². The first-order valence-electron chi connectivity index (χ1n) is 6.90. The zero-order valence-corrected chi connectivity index (χ0v) is 13.8. The van der Waals surface area contributed by atoms with Crippen molar-refractivity contribution in [3.8, 4) is 0 Å². The van der Waals surface area contributed by atoms with Crippen LogP contribution in [0.3, 0.4) is 0 Å². The lowest BCUT2D eigenvalue weighted by molar-refractivity contribution is 0.00578. The summed E-state index contributed by atoms with van der Waals surface area (Å²) in [6, 6.07) is 5.58. The van der Waals surface area contributed by atoms with Crippen LogP contribution in [0.25, 0.3) is 6.08 Å². The van der Waals surface area contributed by atoms with Crippen molar-refractivity contribution in [2.45, 2.75) is 38.9 Å². The first kappa shape index (κ1) is 16.4. The zero-order chi connectivity index (χ0) is 15.7. The van der Waals surface area contributed by atoms with Gasteiger partial charge in [0, 0.05) is 5.75 Å². The third kappa shape index (κ3) is 3.43. The molecule has 0 bridgehead atoms. The fourth-order valence-corrected chi connectivity index (χ4v) is 2.23. The molecule has 0 aromatic carbocycles. The van der Waals surface area contributed by atoms with Crippen molar-refractivity contribution in [1.29, 1.82) is 0 Å². The minimum Gasteiger partial charge on any atom is -0.400 e. The lowest BCUT2D eigenvalue weighted by Gasteiger charge is -2.32. The van der Waals surface area contributed by atoms with E-state index in [1.54, 1.807) is 6.07 Å². The molecule has 0 spiro atoms. The number of hydrazine groups is 1. The lowest BCUT2D eigenvalue weighted by atomic mass is 9.78. The van der Waals surface area contributed by atoms with Crippen LogP contribution in [0.15, 0.2) is 23.7 Å². The van der Waals surface area contributed by atoms with Crippen molar-refractivity contribution in [3.63, 3.8) is 0 Å². The van der Waals surface area contributed by atoms with Gasteiger partial charge in [0.2, 0.25) is 0 Å². The molecule has 3 N–H and O–H groups in total. The molecule has 5 nitrogen and oxygen atoms in total. The van der Waals surface area contributed by atoms with E-state index in [-0.39, 0.29) is 11.2 Å². The van der Waals surface area contributed by atoms with Gasteiger partial charge in [0.15, 0.2) is 0 Å². The second kappa shape index (κ2) is 6.00.